The first kappa shape index (κ1) is 11.8. The van der Waals surface area contributed by atoms with Gasteiger partial charge in [-0.2, -0.15) is 0 Å². The fourth-order valence-electron chi connectivity index (χ4n) is 2.22. The van der Waals surface area contributed by atoms with Crippen molar-refractivity contribution in [2.24, 2.45) is 5.92 Å². The third kappa shape index (κ3) is 3.49. The van der Waals surface area contributed by atoms with Crippen LogP contribution in [0, 0.1) is 5.92 Å². The van der Waals surface area contributed by atoms with Crippen LogP contribution in [0.15, 0.2) is 0 Å². The molecule has 14 heavy (non-hydrogen) atoms. The smallest absolute Gasteiger partial charge is 0.302 e. The summed E-state index contributed by atoms with van der Waals surface area (Å²) in [5.74, 6) is 0.258. The van der Waals surface area contributed by atoms with Crippen molar-refractivity contribution in [1.29, 1.82) is 0 Å². The maximum absolute atomic E-state index is 10.9. The van der Waals surface area contributed by atoms with E-state index < -0.39 is 0 Å². The highest BCUT2D eigenvalue weighted by molar-refractivity contribution is 6.20. The van der Waals surface area contributed by atoms with Crippen LogP contribution in [-0.2, 0) is 9.53 Å². The number of esters is 1. The van der Waals surface area contributed by atoms with Crippen LogP contribution in [0.1, 0.15) is 46.0 Å². The molecule has 0 bridgehead atoms. The molecule has 0 aromatic carbocycles. The van der Waals surface area contributed by atoms with E-state index in [0.717, 1.165) is 12.8 Å². The molecule has 82 valence electrons. The van der Waals surface area contributed by atoms with E-state index in [9.17, 15) is 4.79 Å². The first-order valence-electron chi connectivity index (χ1n) is 5.42. The van der Waals surface area contributed by atoms with Gasteiger partial charge in [0.2, 0.25) is 0 Å². The number of rotatable bonds is 3. The largest absolute Gasteiger partial charge is 0.461 e. The van der Waals surface area contributed by atoms with Crippen molar-refractivity contribution in [3.8, 4) is 0 Å². The van der Waals surface area contributed by atoms with Gasteiger partial charge in [-0.05, 0) is 25.7 Å². The Hall–Kier alpha value is -0.240. The van der Waals surface area contributed by atoms with Gasteiger partial charge in [0.15, 0.2) is 0 Å². The third-order valence-electron chi connectivity index (χ3n) is 2.87. The summed E-state index contributed by atoms with van der Waals surface area (Å²) < 4.78 is 5.28. The lowest BCUT2D eigenvalue weighted by Crippen LogP contribution is -2.34. The number of alkyl halides is 1. The minimum absolute atomic E-state index is 0.0815. The van der Waals surface area contributed by atoms with E-state index in [4.69, 9.17) is 16.3 Å². The number of carbonyl (C=O) groups excluding carboxylic acids is 1. The summed E-state index contributed by atoms with van der Waals surface area (Å²) in [5.41, 5.74) is 0. The minimum Gasteiger partial charge on any atom is -0.461 e. The molecule has 0 aromatic heterocycles. The second-order valence-electron chi connectivity index (χ2n) is 4.15. The Bertz CT molecular complexity index is 186. The molecule has 0 N–H and O–H groups in total. The van der Waals surface area contributed by atoms with Gasteiger partial charge in [0, 0.05) is 6.92 Å². The molecule has 0 unspecified atom stereocenters. The van der Waals surface area contributed by atoms with Gasteiger partial charge in [-0.3, -0.25) is 4.79 Å². The Kier molecular flexibility index (Phi) is 4.73. The fourth-order valence-corrected chi connectivity index (χ4v) is 2.48. The van der Waals surface area contributed by atoms with Crippen molar-refractivity contribution >= 4 is 17.6 Å². The minimum atomic E-state index is -0.215. The van der Waals surface area contributed by atoms with Gasteiger partial charge in [-0.25, -0.2) is 0 Å². The van der Waals surface area contributed by atoms with Crippen LogP contribution in [0.25, 0.3) is 0 Å². The van der Waals surface area contributed by atoms with Crippen LogP contribution in [0.5, 0.6) is 0 Å². The highest BCUT2D eigenvalue weighted by atomic mass is 35.5. The van der Waals surface area contributed by atoms with Crippen LogP contribution in [0.2, 0.25) is 0 Å². The maximum atomic E-state index is 10.9. The molecule has 0 aromatic rings. The average Bonchev–Trinajstić information content (AvgIpc) is 2.15. The Morgan fingerprint density at radius 1 is 1.36 bits per heavy atom. The first-order valence-corrected chi connectivity index (χ1v) is 5.86. The summed E-state index contributed by atoms with van der Waals surface area (Å²) in [4.78, 5) is 10.9. The van der Waals surface area contributed by atoms with Crippen LogP contribution in [0.3, 0.4) is 0 Å². The monoisotopic (exact) mass is 218 g/mol. The maximum Gasteiger partial charge on any atom is 0.302 e. The van der Waals surface area contributed by atoms with Crippen molar-refractivity contribution in [2.75, 3.05) is 0 Å². The molecule has 1 fully saturated rings. The average molecular weight is 219 g/mol. The van der Waals surface area contributed by atoms with E-state index in [1.165, 1.54) is 26.2 Å². The third-order valence-corrected chi connectivity index (χ3v) is 3.12. The van der Waals surface area contributed by atoms with Crippen LogP contribution >= 0.6 is 11.6 Å². The van der Waals surface area contributed by atoms with Crippen molar-refractivity contribution in [2.45, 2.75) is 57.4 Å². The molecule has 0 heterocycles. The van der Waals surface area contributed by atoms with Crippen molar-refractivity contribution in [1.82, 2.24) is 0 Å². The Balaban J connectivity index is 2.51. The molecular weight excluding hydrogens is 200 g/mol. The predicted octanol–water partition coefficient (Wildman–Crippen LogP) is 3.13. The molecule has 0 saturated heterocycles. The van der Waals surface area contributed by atoms with Gasteiger partial charge in [-0.1, -0.05) is 19.3 Å². The van der Waals surface area contributed by atoms with Gasteiger partial charge in [0.1, 0.15) is 6.10 Å². The quantitative estimate of drug-likeness (QED) is 0.538. The summed E-state index contributed by atoms with van der Waals surface area (Å²) in [7, 11) is 0. The van der Waals surface area contributed by atoms with Gasteiger partial charge in [0.25, 0.3) is 0 Å². The Morgan fingerprint density at radius 3 is 2.36 bits per heavy atom. The second kappa shape index (κ2) is 5.59. The topological polar surface area (TPSA) is 26.3 Å². The Morgan fingerprint density at radius 2 is 1.93 bits per heavy atom. The van der Waals surface area contributed by atoms with Crippen molar-refractivity contribution < 1.29 is 9.53 Å². The van der Waals surface area contributed by atoms with E-state index in [-0.39, 0.29) is 17.5 Å². The van der Waals surface area contributed by atoms with E-state index in [2.05, 4.69) is 0 Å². The standard InChI is InChI=1S/C11H19ClO2/c1-8(12)11(14-9(2)13)10-6-4-3-5-7-10/h8,10-11H,3-7H2,1-2H3/t8-,11-/m0/s1. The highest BCUT2D eigenvalue weighted by Crippen LogP contribution is 2.30. The zero-order chi connectivity index (χ0) is 10.6. The lowest BCUT2D eigenvalue weighted by atomic mass is 9.84. The molecule has 2 atom stereocenters. The normalized spacial score (nSPS) is 22.8. The van der Waals surface area contributed by atoms with E-state index in [1.54, 1.807) is 0 Å². The summed E-state index contributed by atoms with van der Waals surface area (Å²) in [5, 5.41) is -0.0815. The van der Waals surface area contributed by atoms with E-state index in [0.29, 0.717) is 5.92 Å². The molecule has 0 aliphatic heterocycles. The van der Waals surface area contributed by atoms with E-state index in [1.807, 2.05) is 6.92 Å². The molecule has 1 rings (SSSR count). The van der Waals surface area contributed by atoms with Crippen molar-refractivity contribution in [3.05, 3.63) is 0 Å². The highest BCUT2D eigenvalue weighted by Gasteiger charge is 2.29. The SMILES string of the molecule is CC(=O)O[C@H](C1CCCCC1)[C@H](C)Cl. The molecule has 1 saturated carbocycles. The Labute approximate surface area is 91.0 Å². The molecule has 0 amide bonds. The second-order valence-corrected chi connectivity index (χ2v) is 4.84. The summed E-state index contributed by atoms with van der Waals surface area (Å²) in [6.07, 6.45) is 6.00. The number of hydrogen-bond acceptors (Lipinski definition) is 2. The molecule has 3 heteroatoms. The lowest BCUT2D eigenvalue weighted by Gasteiger charge is -2.31. The number of ether oxygens (including phenoxy) is 1. The lowest BCUT2D eigenvalue weighted by molar-refractivity contribution is -0.149. The van der Waals surface area contributed by atoms with Gasteiger partial charge in [-0.15, -0.1) is 11.6 Å². The molecule has 1 aliphatic carbocycles. The number of carbonyl (C=O) groups is 1. The fraction of sp³-hybridized carbons (Fsp3) is 0.909. The summed E-state index contributed by atoms with van der Waals surface area (Å²) >= 11 is 6.04. The van der Waals surface area contributed by atoms with Gasteiger partial charge >= 0.3 is 5.97 Å². The number of hydrogen-bond donors (Lipinski definition) is 0. The van der Waals surface area contributed by atoms with Crippen LogP contribution in [0.4, 0.5) is 0 Å². The molecular formula is C11H19ClO2. The predicted molar refractivity (Wildman–Crippen MR) is 57.4 cm³/mol. The summed E-state index contributed by atoms with van der Waals surface area (Å²) in [6, 6.07) is 0. The van der Waals surface area contributed by atoms with Gasteiger partial charge < -0.3 is 4.74 Å². The van der Waals surface area contributed by atoms with E-state index >= 15 is 0 Å². The summed E-state index contributed by atoms with van der Waals surface area (Å²) in [6.45, 7) is 3.36. The van der Waals surface area contributed by atoms with Crippen LogP contribution in [-0.4, -0.2) is 17.5 Å². The zero-order valence-corrected chi connectivity index (χ0v) is 9.72. The van der Waals surface area contributed by atoms with Crippen LogP contribution < -0.4 is 0 Å². The first-order chi connectivity index (χ1) is 6.61. The molecule has 2 nitrogen and oxygen atoms in total. The molecule has 0 spiro atoms. The van der Waals surface area contributed by atoms with Crippen molar-refractivity contribution in [3.63, 3.8) is 0 Å². The molecule has 0 radical (unpaired) electrons. The van der Waals surface area contributed by atoms with Gasteiger partial charge in [0.05, 0.1) is 5.38 Å². The zero-order valence-electron chi connectivity index (χ0n) is 8.96. The molecule has 1 aliphatic rings. The number of halogens is 1.